The van der Waals surface area contributed by atoms with E-state index in [1.807, 2.05) is 0 Å². The molecule has 0 aliphatic heterocycles. The molecule has 0 bridgehead atoms. The first-order chi connectivity index (χ1) is 6.07. The molecular weight excluding hydrogens is 218 g/mol. The van der Waals surface area contributed by atoms with Crippen molar-refractivity contribution in [1.82, 2.24) is 0 Å². The molecule has 0 unspecified atom stereocenters. The van der Waals surface area contributed by atoms with Gasteiger partial charge in [0.15, 0.2) is 11.6 Å². The van der Waals surface area contributed by atoms with Gasteiger partial charge in [-0.05, 0) is 23.7 Å². The highest BCUT2D eigenvalue weighted by molar-refractivity contribution is 6.69. The van der Waals surface area contributed by atoms with Crippen LogP contribution >= 0.6 is 23.2 Å². The van der Waals surface area contributed by atoms with Gasteiger partial charge in [0.2, 0.25) is 0 Å². The van der Waals surface area contributed by atoms with E-state index in [0.29, 0.717) is 0 Å². The average Bonchev–Trinajstić information content (AvgIpc) is 2.07. The van der Waals surface area contributed by atoms with E-state index in [9.17, 15) is 9.18 Å². The molecule has 1 aromatic rings. The van der Waals surface area contributed by atoms with Crippen LogP contribution < -0.4 is 4.74 Å². The highest BCUT2D eigenvalue weighted by Crippen LogP contribution is 2.30. The van der Waals surface area contributed by atoms with Gasteiger partial charge in [-0.25, -0.2) is 4.39 Å². The van der Waals surface area contributed by atoms with E-state index in [4.69, 9.17) is 23.2 Å². The number of hydrogen-bond acceptors (Lipinski definition) is 2. The lowest BCUT2D eigenvalue weighted by atomic mass is 10.2. The summed E-state index contributed by atoms with van der Waals surface area (Å²) in [5, 5.41) is -0.778. The summed E-state index contributed by atoms with van der Waals surface area (Å²) < 4.78 is 17.6. The zero-order valence-corrected chi connectivity index (χ0v) is 8.12. The Balaban J connectivity index is 3.43. The van der Waals surface area contributed by atoms with Crippen LogP contribution in [0.3, 0.4) is 0 Å². The number of methoxy groups -OCH3 is 1. The summed E-state index contributed by atoms with van der Waals surface area (Å²) in [6.45, 7) is 0. The van der Waals surface area contributed by atoms with E-state index in [2.05, 4.69) is 4.74 Å². The van der Waals surface area contributed by atoms with E-state index in [0.717, 1.165) is 6.07 Å². The summed E-state index contributed by atoms with van der Waals surface area (Å²) in [7, 11) is 1.23. The normalized spacial score (nSPS) is 9.85. The molecule has 0 N–H and O–H groups in total. The third-order valence-electron chi connectivity index (χ3n) is 1.46. The largest absolute Gasteiger partial charge is 0.493 e. The SMILES string of the molecule is COc1c(F)ccc(Cl)c1C(=O)Cl. The minimum Gasteiger partial charge on any atom is -0.493 e. The van der Waals surface area contributed by atoms with E-state index < -0.39 is 11.1 Å². The lowest BCUT2D eigenvalue weighted by molar-refractivity contribution is 0.107. The van der Waals surface area contributed by atoms with Crippen molar-refractivity contribution in [3.05, 3.63) is 28.5 Å². The van der Waals surface area contributed by atoms with Crippen LogP contribution in [0.25, 0.3) is 0 Å². The lowest BCUT2D eigenvalue weighted by Gasteiger charge is -2.06. The van der Waals surface area contributed by atoms with Crippen molar-refractivity contribution in [2.45, 2.75) is 0 Å². The zero-order chi connectivity index (χ0) is 10.0. The van der Waals surface area contributed by atoms with E-state index >= 15 is 0 Å². The van der Waals surface area contributed by atoms with E-state index in [1.165, 1.54) is 13.2 Å². The molecule has 13 heavy (non-hydrogen) atoms. The Bertz CT molecular complexity index is 352. The predicted molar refractivity (Wildman–Crippen MR) is 48.1 cm³/mol. The van der Waals surface area contributed by atoms with Gasteiger partial charge in [-0.15, -0.1) is 0 Å². The van der Waals surface area contributed by atoms with Gasteiger partial charge < -0.3 is 4.74 Å². The van der Waals surface area contributed by atoms with Gasteiger partial charge in [-0.2, -0.15) is 0 Å². The fourth-order valence-electron chi connectivity index (χ4n) is 0.916. The minimum absolute atomic E-state index is 0.0678. The first-order valence-corrected chi connectivity index (χ1v) is 4.05. The molecule has 0 saturated carbocycles. The Labute approximate surface area is 84.2 Å². The fraction of sp³-hybridized carbons (Fsp3) is 0.125. The van der Waals surface area contributed by atoms with Crippen LogP contribution in [-0.4, -0.2) is 12.4 Å². The standard InChI is InChI=1S/C8H5Cl2FO2/c1-13-7-5(11)3-2-4(9)6(7)8(10)12/h2-3H,1H3. The second-order valence-electron chi connectivity index (χ2n) is 2.21. The molecule has 0 aliphatic carbocycles. The van der Waals surface area contributed by atoms with Crippen LogP contribution in [-0.2, 0) is 0 Å². The highest BCUT2D eigenvalue weighted by atomic mass is 35.5. The molecule has 5 heteroatoms. The van der Waals surface area contributed by atoms with Crippen LogP contribution in [0.1, 0.15) is 10.4 Å². The number of ether oxygens (including phenoxy) is 1. The summed E-state index contributed by atoms with van der Waals surface area (Å²) in [5.74, 6) is -0.900. The van der Waals surface area contributed by atoms with Crippen LogP contribution in [0.4, 0.5) is 4.39 Å². The lowest BCUT2D eigenvalue weighted by Crippen LogP contribution is -1.99. The number of hydrogen-bond donors (Lipinski definition) is 0. The van der Waals surface area contributed by atoms with Crippen molar-refractivity contribution < 1.29 is 13.9 Å². The Morgan fingerprint density at radius 2 is 2.15 bits per heavy atom. The Kier molecular flexibility index (Phi) is 3.12. The van der Waals surface area contributed by atoms with E-state index in [-0.39, 0.29) is 16.3 Å². The number of carbonyl (C=O) groups is 1. The molecule has 0 aliphatic rings. The van der Waals surface area contributed by atoms with Gasteiger partial charge in [-0.3, -0.25) is 4.79 Å². The topological polar surface area (TPSA) is 26.3 Å². The smallest absolute Gasteiger partial charge is 0.257 e. The van der Waals surface area contributed by atoms with Crippen LogP contribution in [0.5, 0.6) is 5.75 Å². The van der Waals surface area contributed by atoms with Crippen LogP contribution in [0, 0.1) is 5.82 Å². The van der Waals surface area contributed by atoms with Gasteiger partial charge in [0.05, 0.1) is 17.7 Å². The molecule has 0 fully saturated rings. The van der Waals surface area contributed by atoms with Crippen molar-refractivity contribution in [2.24, 2.45) is 0 Å². The molecule has 2 nitrogen and oxygen atoms in total. The van der Waals surface area contributed by atoms with Gasteiger partial charge in [-0.1, -0.05) is 11.6 Å². The summed E-state index contributed by atoms with van der Waals surface area (Å²) in [5.41, 5.74) is -0.147. The molecule has 1 rings (SSSR count). The predicted octanol–water partition coefficient (Wildman–Crippen LogP) is 2.87. The Hall–Kier alpha value is -0.800. The van der Waals surface area contributed by atoms with E-state index in [1.54, 1.807) is 0 Å². The fourth-order valence-corrected chi connectivity index (χ4v) is 1.39. The highest BCUT2D eigenvalue weighted by Gasteiger charge is 2.18. The first kappa shape index (κ1) is 10.3. The maximum atomic E-state index is 13.0. The second-order valence-corrected chi connectivity index (χ2v) is 2.96. The van der Waals surface area contributed by atoms with Crippen molar-refractivity contribution >= 4 is 28.4 Å². The molecule has 0 aromatic heterocycles. The summed E-state index contributed by atoms with van der Waals surface area (Å²) in [4.78, 5) is 10.8. The van der Waals surface area contributed by atoms with Gasteiger partial charge in [0.1, 0.15) is 0 Å². The molecular formula is C8H5Cl2FO2. The average molecular weight is 223 g/mol. The van der Waals surface area contributed by atoms with Crippen molar-refractivity contribution in [1.29, 1.82) is 0 Å². The van der Waals surface area contributed by atoms with Crippen LogP contribution in [0.2, 0.25) is 5.02 Å². The minimum atomic E-state index is -0.846. The van der Waals surface area contributed by atoms with Crippen molar-refractivity contribution in [2.75, 3.05) is 7.11 Å². The van der Waals surface area contributed by atoms with Gasteiger partial charge in [0.25, 0.3) is 5.24 Å². The molecule has 0 heterocycles. The molecule has 0 radical (unpaired) electrons. The quantitative estimate of drug-likeness (QED) is 0.720. The third-order valence-corrected chi connectivity index (χ3v) is 1.96. The Morgan fingerprint density at radius 1 is 1.54 bits per heavy atom. The first-order valence-electron chi connectivity index (χ1n) is 3.29. The number of benzene rings is 1. The summed E-state index contributed by atoms with van der Waals surface area (Å²) in [6, 6.07) is 2.35. The van der Waals surface area contributed by atoms with Crippen molar-refractivity contribution in [3.8, 4) is 5.75 Å². The number of halogens is 3. The van der Waals surface area contributed by atoms with Crippen LogP contribution in [0.15, 0.2) is 12.1 Å². The Morgan fingerprint density at radius 3 is 2.54 bits per heavy atom. The summed E-state index contributed by atoms with van der Waals surface area (Å²) >= 11 is 10.8. The summed E-state index contributed by atoms with van der Waals surface area (Å²) in [6.07, 6.45) is 0. The molecule has 0 saturated heterocycles. The molecule has 1 aromatic carbocycles. The third kappa shape index (κ3) is 1.92. The number of carbonyl (C=O) groups excluding carboxylic acids is 1. The zero-order valence-electron chi connectivity index (χ0n) is 6.61. The molecule has 0 amide bonds. The number of rotatable bonds is 2. The molecule has 0 spiro atoms. The molecule has 70 valence electrons. The maximum Gasteiger partial charge on any atom is 0.257 e. The maximum absolute atomic E-state index is 13.0. The monoisotopic (exact) mass is 222 g/mol. The van der Waals surface area contributed by atoms with Gasteiger partial charge in [0, 0.05) is 0 Å². The second kappa shape index (κ2) is 3.94. The molecule has 0 atom stereocenters. The van der Waals surface area contributed by atoms with Crippen molar-refractivity contribution in [3.63, 3.8) is 0 Å². The van der Waals surface area contributed by atoms with Gasteiger partial charge >= 0.3 is 0 Å².